The predicted octanol–water partition coefficient (Wildman–Crippen LogP) is 2.82. The van der Waals surface area contributed by atoms with Crippen molar-refractivity contribution in [1.82, 2.24) is 4.57 Å². The van der Waals surface area contributed by atoms with Gasteiger partial charge in [0.2, 0.25) is 0 Å². The molecule has 0 bridgehead atoms. The minimum Gasteiger partial charge on any atom is -0.444 e. The SMILES string of the molecule is C#CC(OC(C)=O)c1cccc2c(=O)n(C(C)C)ccc12. The second kappa shape index (κ2) is 5.84. The number of carbonyl (C=O) groups is 1. The lowest BCUT2D eigenvalue weighted by molar-refractivity contribution is -0.143. The molecule has 21 heavy (non-hydrogen) atoms. The number of esters is 1. The van der Waals surface area contributed by atoms with Crippen molar-refractivity contribution in [3.63, 3.8) is 0 Å². The highest BCUT2D eigenvalue weighted by Crippen LogP contribution is 2.25. The van der Waals surface area contributed by atoms with Crippen LogP contribution in [0.15, 0.2) is 35.3 Å². The van der Waals surface area contributed by atoms with Crippen LogP contribution in [0.25, 0.3) is 10.8 Å². The molecule has 2 aromatic rings. The first-order valence-corrected chi connectivity index (χ1v) is 6.72. The maximum atomic E-state index is 12.5. The van der Waals surface area contributed by atoms with Crippen molar-refractivity contribution in [2.45, 2.75) is 32.9 Å². The first kappa shape index (κ1) is 14.9. The fourth-order valence-corrected chi connectivity index (χ4v) is 2.31. The van der Waals surface area contributed by atoms with E-state index in [0.29, 0.717) is 16.3 Å². The van der Waals surface area contributed by atoms with Gasteiger partial charge >= 0.3 is 5.97 Å². The van der Waals surface area contributed by atoms with Gasteiger partial charge in [-0.25, -0.2) is 0 Å². The highest BCUT2D eigenvalue weighted by molar-refractivity contribution is 5.85. The molecule has 1 heterocycles. The lowest BCUT2D eigenvalue weighted by Gasteiger charge is -2.16. The van der Waals surface area contributed by atoms with E-state index in [2.05, 4.69) is 5.92 Å². The Morgan fingerprint density at radius 2 is 2.00 bits per heavy atom. The molecule has 1 aromatic heterocycles. The van der Waals surface area contributed by atoms with E-state index in [9.17, 15) is 9.59 Å². The highest BCUT2D eigenvalue weighted by Gasteiger charge is 2.16. The second-order valence-electron chi connectivity index (χ2n) is 5.09. The van der Waals surface area contributed by atoms with Crippen LogP contribution in [0.5, 0.6) is 0 Å². The Morgan fingerprint density at radius 3 is 2.57 bits per heavy atom. The van der Waals surface area contributed by atoms with Gasteiger partial charge in [0.15, 0.2) is 6.10 Å². The first-order valence-electron chi connectivity index (χ1n) is 6.72. The Hall–Kier alpha value is -2.54. The number of carbonyl (C=O) groups excluding carboxylic acids is 1. The third-order valence-corrected chi connectivity index (χ3v) is 3.28. The summed E-state index contributed by atoms with van der Waals surface area (Å²) in [4.78, 5) is 23.6. The lowest BCUT2D eigenvalue weighted by Crippen LogP contribution is -2.21. The normalized spacial score (nSPS) is 12.1. The van der Waals surface area contributed by atoms with Gasteiger partial charge in [-0.15, -0.1) is 6.42 Å². The zero-order valence-electron chi connectivity index (χ0n) is 12.3. The lowest BCUT2D eigenvalue weighted by atomic mass is 10.0. The Kier molecular flexibility index (Phi) is 4.13. The van der Waals surface area contributed by atoms with Crippen LogP contribution in [-0.4, -0.2) is 10.5 Å². The average Bonchev–Trinajstić information content (AvgIpc) is 2.44. The van der Waals surface area contributed by atoms with Crippen LogP contribution < -0.4 is 5.56 Å². The van der Waals surface area contributed by atoms with Crippen molar-refractivity contribution < 1.29 is 9.53 Å². The van der Waals surface area contributed by atoms with Crippen molar-refractivity contribution in [2.75, 3.05) is 0 Å². The van der Waals surface area contributed by atoms with Crippen LogP contribution in [0.4, 0.5) is 0 Å². The number of hydrogen-bond acceptors (Lipinski definition) is 3. The summed E-state index contributed by atoms with van der Waals surface area (Å²) in [5.74, 6) is 1.99. The summed E-state index contributed by atoms with van der Waals surface area (Å²) in [6, 6.07) is 7.18. The topological polar surface area (TPSA) is 48.3 Å². The summed E-state index contributed by atoms with van der Waals surface area (Å²) in [7, 11) is 0. The molecule has 0 radical (unpaired) electrons. The summed E-state index contributed by atoms with van der Waals surface area (Å²) in [6.07, 6.45) is 6.39. The number of pyridine rings is 1. The summed E-state index contributed by atoms with van der Waals surface area (Å²) in [5, 5.41) is 1.28. The van der Waals surface area contributed by atoms with Crippen LogP contribution in [-0.2, 0) is 9.53 Å². The molecule has 0 fully saturated rings. The van der Waals surface area contributed by atoms with E-state index in [1.165, 1.54) is 6.92 Å². The van der Waals surface area contributed by atoms with E-state index in [4.69, 9.17) is 11.2 Å². The van der Waals surface area contributed by atoms with Gasteiger partial charge in [-0.1, -0.05) is 18.1 Å². The molecular weight excluding hydrogens is 266 g/mol. The third kappa shape index (κ3) is 2.82. The number of nitrogens with zero attached hydrogens (tertiary/aromatic N) is 1. The maximum absolute atomic E-state index is 12.5. The predicted molar refractivity (Wildman–Crippen MR) is 81.9 cm³/mol. The minimum absolute atomic E-state index is 0.0717. The van der Waals surface area contributed by atoms with Crippen LogP contribution in [0.2, 0.25) is 0 Å². The second-order valence-corrected chi connectivity index (χ2v) is 5.09. The fourth-order valence-electron chi connectivity index (χ4n) is 2.31. The fraction of sp³-hybridized carbons (Fsp3) is 0.294. The zero-order chi connectivity index (χ0) is 15.6. The molecule has 4 nitrogen and oxygen atoms in total. The number of terminal acetylenes is 1. The van der Waals surface area contributed by atoms with Crippen molar-refractivity contribution in [3.05, 3.63) is 46.4 Å². The molecule has 0 aliphatic rings. The molecule has 0 spiro atoms. The van der Waals surface area contributed by atoms with Crippen LogP contribution >= 0.6 is 0 Å². The summed E-state index contributed by atoms with van der Waals surface area (Å²) >= 11 is 0. The maximum Gasteiger partial charge on any atom is 0.304 e. The number of fused-ring (bicyclic) bond motifs is 1. The molecule has 2 rings (SSSR count). The number of rotatable bonds is 3. The molecular formula is C17H17NO3. The standard InChI is InChI=1S/C17H17NO3/c1-5-16(21-12(4)19)14-7-6-8-15-13(14)9-10-18(11(2)3)17(15)20/h1,6-11,16H,2-4H3. The summed E-state index contributed by atoms with van der Waals surface area (Å²) in [6.45, 7) is 5.20. The van der Waals surface area contributed by atoms with Crippen LogP contribution in [0.3, 0.4) is 0 Å². The molecule has 108 valence electrons. The quantitative estimate of drug-likeness (QED) is 0.643. The van der Waals surface area contributed by atoms with Gasteiger partial charge in [0, 0.05) is 30.1 Å². The van der Waals surface area contributed by atoms with Gasteiger partial charge < -0.3 is 9.30 Å². The Bertz CT molecular complexity index is 781. The molecule has 1 atom stereocenters. The van der Waals surface area contributed by atoms with Gasteiger partial charge in [-0.3, -0.25) is 9.59 Å². The summed E-state index contributed by atoms with van der Waals surface area (Å²) < 4.78 is 6.78. The smallest absolute Gasteiger partial charge is 0.304 e. The van der Waals surface area contributed by atoms with E-state index >= 15 is 0 Å². The van der Waals surface area contributed by atoms with E-state index < -0.39 is 12.1 Å². The number of benzene rings is 1. The van der Waals surface area contributed by atoms with E-state index in [1.807, 2.05) is 19.9 Å². The molecule has 0 N–H and O–H groups in total. The highest BCUT2D eigenvalue weighted by atomic mass is 16.5. The molecule has 0 saturated heterocycles. The molecule has 0 aliphatic carbocycles. The molecule has 0 amide bonds. The first-order chi connectivity index (χ1) is 9.95. The molecule has 0 saturated carbocycles. The van der Waals surface area contributed by atoms with Gasteiger partial charge in [0.1, 0.15) is 0 Å². The van der Waals surface area contributed by atoms with Crippen molar-refractivity contribution in [2.24, 2.45) is 0 Å². The van der Waals surface area contributed by atoms with Crippen molar-refractivity contribution in [3.8, 4) is 12.3 Å². The summed E-state index contributed by atoms with van der Waals surface area (Å²) in [5.41, 5.74) is 0.571. The number of hydrogen-bond donors (Lipinski definition) is 0. The van der Waals surface area contributed by atoms with Crippen LogP contribution in [0.1, 0.15) is 38.5 Å². The molecule has 4 heteroatoms. The Morgan fingerprint density at radius 1 is 1.29 bits per heavy atom. The Labute approximate surface area is 123 Å². The van der Waals surface area contributed by atoms with Gasteiger partial charge in [-0.05, 0) is 31.4 Å². The average molecular weight is 283 g/mol. The third-order valence-electron chi connectivity index (χ3n) is 3.28. The van der Waals surface area contributed by atoms with Crippen molar-refractivity contribution >= 4 is 16.7 Å². The largest absolute Gasteiger partial charge is 0.444 e. The monoisotopic (exact) mass is 283 g/mol. The zero-order valence-corrected chi connectivity index (χ0v) is 12.3. The van der Waals surface area contributed by atoms with Crippen molar-refractivity contribution in [1.29, 1.82) is 0 Å². The van der Waals surface area contributed by atoms with Gasteiger partial charge in [0.05, 0.1) is 0 Å². The van der Waals surface area contributed by atoms with E-state index in [-0.39, 0.29) is 11.6 Å². The van der Waals surface area contributed by atoms with Gasteiger partial charge in [-0.2, -0.15) is 0 Å². The van der Waals surface area contributed by atoms with Crippen LogP contribution in [0, 0.1) is 12.3 Å². The van der Waals surface area contributed by atoms with E-state index in [0.717, 1.165) is 0 Å². The molecule has 1 aromatic carbocycles. The minimum atomic E-state index is -0.791. The Balaban J connectivity index is 2.68. The number of aromatic nitrogens is 1. The molecule has 0 aliphatic heterocycles. The number of ether oxygens (including phenoxy) is 1. The van der Waals surface area contributed by atoms with Gasteiger partial charge in [0.25, 0.3) is 5.56 Å². The molecule has 1 unspecified atom stereocenters. The van der Waals surface area contributed by atoms with E-state index in [1.54, 1.807) is 29.0 Å².